The van der Waals surface area contributed by atoms with E-state index in [1.165, 1.54) is 18.2 Å². The monoisotopic (exact) mass is 272 g/mol. The van der Waals surface area contributed by atoms with Gasteiger partial charge in [-0.05, 0) is 25.0 Å². The summed E-state index contributed by atoms with van der Waals surface area (Å²) in [4.78, 5) is -0.316. The lowest BCUT2D eigenvalue weighted by atomic mass is 9.86. The van der Waals surface area contributed by atoms with Crippen LogP contribution in [0.3, 0.4) is 0 Å². The maximum absolute atomic E-state index is 13.5. The SMILES string of the molecule is O=S(=O)(CC1(O)CCCCC1)c1ccccc1F. The third-order valence-electron chi connectivity index (χ3n) is 3.41. The fourth-order valence-electron chi connectivity index (χ4n) is 2.48. The number of halogens is 1. The van der Waals surface area contributed by atoms with Gasteiger partial charge in [0.2, 0.25) is 0 Å². The Labute approximate surface area is 107 Å². The molecular weight excluding hydrogens is 255 g/mol. The second-order valence-electron chi connectivity index (χ2n) is 4.97. The van der Waals surface area contributed by atoms with Crippen LogP contribution in [-0.2, 0) is 9.84 Å². The van der Waals surface area contributed by atoms with E-state index in [2.05, 4.69) is 0 Å². The molecule has 1 aliphatic rings. The van der Waals surface area contributed by atoms with Crippen LogP contribution in [0, 0.1) is 5.82 Å². The molecule has 0 bridgehead atoms. The standard InChI is InChI=1S/C13H17FO3S/c14-11-6-2-3-7-12(11)18(16,17)10-13(15)8-4-1-5-9-13/h2-3,6-7,15H,1,4-5,8-10H2. The lowest BCUT2D eigenvalue weighted by molar-refractivity contribution is 0.0257. The van der Waals surface area contributed by atoms with Crippen LogP contribution in [0.2, 0.25) is 0 Å². The largest absolute Gasteiger partial charge is 0.389 e. The highest BCUT2D eigenvalue weighted by atomic mass is 32.2. The Hall–Kier alpha value is -0.940. The maximum Gasteiger partial charge on any atom is 0.184 e. The smallest absolute Gasteiger partial charge is 0.184 e. The Morgan fingerprint density at radius 2 is 1.78 bits per heavy atom. The van der Waals surface area contributed by atoms with Gasteiger partial charge in [-0.2, -0.15) is 0 Å². The van der Waals surface area contributed by atoms with Gasteiger partial charge in [0.15, 0.2) is 9.84 Å². The van der Waals surface area contributed by atoms with Gasteiger partial charge in [0.25, 0.3) is 0 Å². The van der Waals surface area contributed by atoms with Crippen molar-refractivity contribution in [3.05, 3.63) is 30.1 Å². The Bertz CT molecular complexity index is 519. The number of sulfone groups is 1. The van der Waals surface area contributed by atoms with Crippen molar-refractivity contribution in [2.75, 3.05) is 5.75 Å². The Balaban J connectivity index is 2.25. The van der Waals surface area contributed by atoms with Crippen LogP contribution in [0.25, 0.3) is 0 Å². The predicted octanol–water partition coefficient (Wildman–Crippen LogP) is 2.29. The first-order valence-corrected chi connectivity index (χ1v) is 7.78. The minimum absolute atomic E-state index is 0.316. The summed E-state index contributed by atoms with van der Waals surface area (Å²) < 4.78 is 37.8. The van der Waals surface area contributed by atoms with Crippen LogP contribution in [0.5, 0.6) is 0 Å². The van der Waals surface area contributed by atoms with Gasteiger partial charge in [0, 0.05) is 0 Å². The van der Waals surface area contributed by atoms with E-state index < -0.39 is 21.3 Å². The van der Waals surface area contributed by atoms with Gasteiger partial charge in [-0.1, -0.05) is 31.4 Å². The van der Waals surface area contributed by atoms with Gasteiger partial charge in [-0.25, -0.2) is 12.8 Å². The molecule has 1 N–H and O–H groups in total. The second kappa shape index (κ2) is 4.97. The first-order chi connectivity index (χ1) is 8.43. The molecule has 0 atom stereocenters. The fraction of sp³-hybridized carbons (Fsp3) is 0.538. The number of rotatable bonds is 3. The van der Waals surface area contributed by atoms with E-state index in [0.29, 0.717) is 12.8 Å². The molecule has 2 rings (SSSR count). The normalized spacial score (nSPS) is 19.7. The Kier molecular flexibility index (Phi) is 3.73. The number of benzene rings is 1. The van der Waals surface area contributed by atoms with Gasteiger partial charge < -0.3 is 5.11 Å². The highest BCUT2D eigenvalue weighted by molar-refractivity contribution is 7.91. The zero-order chi connectivity index (χ0) is 13.2. The van der Waals surface area contributed by atoms with E-state index in [1.807, 2.05) is 0 Å². The van der Waals surface area contributed by atoms with Crippen molar-refractivity contribution in [1.82, 2.24) is 0 Å². The summed E-state index contributed by atoms with van der Waals surface area (Å²) in [6.07, 6.45) is 3.61. The van der Waals surface area contributed by atoms with E-state index in [1.54, 1.807) is 0 Å². The molecule has 0 unspecified atom stereocenters. The number of aliphatic hydroxyl groups is 1. The Morgan fingerprint density at radius 1 is 1.17 bits per heavy atom. The summed E-state index contributed by atoms with van der Waals surface area (Å²) in [5.74, 6) is -1.14. The summed E-state index contributed by atoms with van der Waals surface area (Å²) in [6, 6.07) is 5.30. The summed E-state index contributed by atoms with van der Waals surface area (Å²) in [5, 5.41) is 10.3. The average Bonchev–Trinajstić information content (AvgIpc) is 2.28. The minimum atomic E-state index is -3.77. The van der Waals surface area contributed by atoms with E-state index >= 15 is 0 Å². The molecule has 0 amide bonds. The molecule has 1 aliphatic carbocycles. The topological polar surface area (TPSA) is 54.4 Å². The van der Waals surface area contributed by atoms with Gasteiger partial charge in [0.05, 0.1) is 11.4 Å². The van der Waals surface area contributed by atoms with Crippen LogP contribution in [0.4, 0.5) is 4.39 Å². The molecule has 100 valence electrons. The highest BCUT2D eigenvalue weighted by Gasteiger charge is 2.36. The molecule has 5 heteroatoms. The van der Waals surface area contributed by atoms with Crippen LogP contribution in [0.15, 0.2) is 29.2 Å². The maximum atomic E-state index is 13.5. The molecule has 1 fully saturated rings. The van der Waals surface area contributed by atoms with Crippen molar-refractivity contribution >= 4 is 9.84 Å². The third-order valence-corrected chi connectivity index (χ3v) is 5.33. The van der Waals surface area contributed by atoms with E-state index in [9.17, 15) is 17.9 Å². The number of hydrogen-bond donors (Lipinski definition) is 1. The van der Waals surface area contributed by atoms with Crippen molar-refractivity contribution in [1.29, 1.82) is 0 Å². The summed E-state index contributed by atoms with van der Waals surface area (Å²) in [5.41, 5.74) is -1.20. The molecule has 1 aromatic rings. The van der Waals surface area contributed by atoms with Gasteiger partial charge >= 0.3 is 0 Å². The number of hydrogen-bond acceptors (Lipinski definition) is 3. The lowest BCUT2D eigenvalue weighted by Crippen LogP contribution is -2.39. The van der Waals surface area contributed by atoms with E-state index in [4.69, 9.17) is 0 Å². The predicted molar refractivity (Wildman–Crippen MR) is 66.5 cm³/mol. The third kappa shape index (κ3) is 2.90. The zero-order valence-corrected chi connectivity index (χ0v) is 10.9. The van der Waals surface area contributed by atoms with Crippen molar-refractivity contribution in [3.8, 4) is 0 Å². The molecule has 0 radical (unpaired) electrons. The summed E-state index contributed by atoms with van der Waals surface area (Å²) in [6.45, 7) is 0. The van der Waals surface area contributed by atoms with Crippen molar-refractivity contribution in [3.63, 3.8) is 0 Å². The first-order valence-electron chi connectivity index (χ1n) is 6.13. The Morgan fingerprint density at radius 3 is 2.39 bits per heavy atom. The zero-order valence-electron chi connectivity index (χ0n) is 10.1. The molecule has 1 aromatic carbocycles. The van der Waals surface area contributed by atoms with Gasteiger partial charge in [0.1, 0.15) is 10.7 Å². The minimum Gasteiger partial charge on any atom is -0.389 e. The van der Waals surface area contributed by atoms with Crippen LogP contribution < -0.4 is 0 Å². The van der Waals surface area contributed by atoms with Crippen molar-refractivity contribution in [2.24, 2.45) is 0 Å². The molecule has 0 heterocycles. The lowest BCUT2D eigenvalue weighted by Gasteiger charge is -2.31. The van der Waals surface area contributed by atoms with Gasteiger partial charge in [-0.15, -0.1) is 0 Å². The first kappa shape index (κ1) is 13.5. The molecule has 0 aromatic heterocycles. The quantitative estimate of drug-likeness (QED) is 0.918. The van der Waals surface area contributed by atoms with Gasteiger partial charge in [-0.3, -0.25) is 0 Å². The van der Waals surface area contributed by atoms with Crippen molar-refractivity contribution < 1.29 is 17.9 Å². The summed E-state index contributed by atoms with van der Waals surface area (Å²) >= 11 is 0. The molecule has 1 saturated carbocycles. The molecule has 3 nitrogen and oxygen atoms in total. The van der Waals surface area contributed by atoms with Crippen LogP contribution >= 0.6 is 0 Å². The highest BCUT2D eigenvalue weighted by Crippen LogP contribution is 2.31. The van der Waals surface area contributed by atoms with Crippen LogP contribution in [0.1, 0.15) is 32.1 Å². The second-order valence-corrected chi connectivity index (χ2v) is 6.93. The molecule has 0 saturated heterocycles. The fourth-order valence-corrected chi connectivity index (χ4v) is 4.29. The summed E-state index contributed by atoms with van der Waals surface area (Å²) in [7, 11) is -3.77. The average molecular weight is 272 g/mol. The molecule has 0 aliphatic heterocycles. The van der Waals surface area contributed by atoms with E-state index in [-0.39, 0.29) is 10.6 Å². The van der Waals surface area contributed by atoms with Crippen molar-refractivity contribution in [2.45, 2.75) is 42.6 Å². The van der Waals surface area contributed by atoms with E-state index in [0.717, 1.165) is 25.3 Å². The molecule has 18 heavy (non-hydrogen) atoms. The molecule has 0 spiro atoms. The molecular formula is C13H17FO3S. The van der Waals surface area contributed by atoms with Crippen LogP contribution in [-0.4, -0.2) is 24.9 Å².